The minimum Gasteiger partial charge on any atom is -0.381 e. The Morgan fingerprint density at radius 1 is 1.50 bits per heavy atom. The topological polar surface area (TPSA) is 71.1 Å². The number of aromatic nitrogens is 3. The van der Waals surface area contributed by atoms with Gasteiger partial charge in [0, 0.05) is 26.6 Å². The van der Waals surface area contributed by atoms with Gasteiger partial charge in [-0.1, -0.05) is 6.92 Å². The molecule has 0 atom stereocenters. The van der Waals surface area contributed by atoms with Gasteiger partial charge in [-0.3, -0.25) is 9.89 Å². The summed E-state index contributed by atoms with van der Waals surface area (Å²) in [7, 11) is 1.72. The molecule has 6 heteroatoms. The zero-order valence-electron chi connectivity index (χ0n) is 11.0. The fraction of sp³-hybridized carbons (Fsp3) is 0.750. The Hall–Kier alpha value is -1.43. The molecule has 2 heterocycles. The van der Waals surface area contributed by atoms with Gasteiger partial charge in [-0.05, 0) is 19.3 Å². The number of ether oxygens (including phenoxy) is 1. The third-order valence-electron chi connectivity index (χ3n) is 3.27. The highest BCUT2D eigenvalue weighted by Gasteiger charge is 2.25. The minimum absolute atomic E-state index is 0.0804. The Morgan fingerprint density at radius 2 is 2.22 bits per heavy atom. The van der Waals surface area contributed by atoms with Crippen LogP contribution in [0.2, 0.25) is 0 Å². The first-order valence-corrected chi connectivity index (χ1v) is 6.48. The van der Waals surface area contributed by atoms with E-state index in [2.05, 4.69) is 22.1 Å². The van der Waals surface area contributed by atoms with E-state index in [1.807, 2.05) is 0 Å². The molecule has 0 bridgehead atoms. The van der Waals surface area contributed by atoms with Gasteiger partial charge in [-0.2, -0.15) is 0 Å². The van der Waals surface area contributed by atoms with Gasteiger partial charge in [0.15, 0.2) is 0 Å². The number of rotatable bonds is 4. The molecule has 1 saturated heterocycles. The van der Waals surface area contributed by atoms with Gasteiger partial charge in [-0.15, -0.1) is 5.10 Å². The van der Waals surface area contributed by atoms with Crippen molar-refractivity contribution in [3.63, 3.8) is 0 Å². The highest BCUT2D eigenvalue weighted by molar-refractivity contribution is 5.90. The van der Waals surface area contributed by atoms with Crippen molar-refractivity contribution in [2.75, 3.05) is 20.2 Å². The number of methoxy groups -OCH3 is 1. The van der Waals surface area contributed by atoms with Crippen LogP contribution in [0.25, 0.3) is 0 Å². The van der Waals surface area contributed by atoms with E-state index in [0.29, 0.717) is 0 Å². The largest absolute Gasteiger partial charge is 0.381 e. The molecule has 1 fully saturated rings. The zero-order chi connectivity index (χ0) is 13.0. The second-order valence-electron chi connectivity index (χ2n) is 4.58. The fourth-order valence-corrected chi connectivity index (χ4v) is 2.18. The second kappa shape index (κ2) is 5.95. The first-order chi connectivity index (χ1) is 8.74. The minimum atomic E-state index is -0.0804. The SMILES string of the molecule is CCCc1nc(C(=O)N2CCC(OC)CC2)n[nH]1. The summed E-state index contributed by atoms with van der Waals surface area (Å²) in [6, 6.07) is 0. The van der Waals surface area contributed by atoms with Gasteiger partial charge in [-0.25, -0.2) is 4.98 Å². The highest BCUT2D eigenvalue weighted by Crippen LogP contribution is 2.14. The number of amides is 1. The number of carbonyl (C=O) groups is 1. The van der Waals surface area contributed by atoms with Crippen molar-refractivity contribution >= 4 is 5.91 Å². The third-order valence-corrected chi connectivity index (χ3v) is 3.27. The number of hydrogen-bond donors (Lipinski definition) is 1. The van der Waals surface area contributed by atoms with Crippen LogP contribution in [0.3, 0.4) is 0 Å². The summed E-state index contributed by atoms with van der Waals surface area (Å²) in [5, 5.41) is 6.80. The summed E-state index contributed by atoms with van der Waals surface area (Å²) in [6.45, 7) is 3.50. The van der Waals surface area contributed by atoms with E-state index in [0.717, 1.165) is 44.6 Å². The van der Waals surface area contributed by atoms with Gasteiger partial charge in [0.25, 0.3) is 5.91 Å². The van der Waals surface area contributed by atoms with Crippen LogP contribution in [0.5, 0.6) is 0 Å². The van der Waals surface area contributed by atoms with Gasteiger partial charge in [0.2, 0.25) is 5.82 Å². The molecule has 0 spiro atoms. The number of likely N-dealkylation sites (tertiary alicyclic amines) is 1. The fourth-order valence-electron chi connectivity index (χ4n) is 2.18. The van der Waals surface area contributed by atoms with Crippen LogP contribution in [-0.2, 0) is 11.2 Å². The Labute approximate surface area is 107 Å². The van der Waals surface area contributed by atoms with Crippen LogP contribution in [0.15, 0.2) is 0 Å². The molecule has 6 nitrogen and oxygen atoms in total. The lowest BCUT2D eigenvalue weighted by Crippen LogP contribution is -2.41. The van der Waals surface area contributed by atoms with Crippen LogP contribution < -0.4 is 0 Å². The molecule has 1 aromatic rings. The lowest BCUT2D eigenvalue weighted by molar-refractivity contribution is 0.0344. The number of piperidine rings is 1. The van der Waals surface area contributed by atoms with Gasteiger partial charge in [0.1, 0.15) is 5.82 Å². The normalized spacial score (nSPS) is 17.1. The van der Waals surface area contributed by atoms with Crippen molar-refractivity contribution in [2.45, 2.75) is 38.7 Å². The highest BCUT2D eigenvalue weighted by atomic mass is 16.5. The summed E-state index contributed by atoms with van der Waals surface area (Å²) in [4.78, 5) is 18.2. The molecule has 0 aromatic carbocycles. The van der Waals surface area contributed by atoms with E-state index in [1.165, 1.54) is 0 Å². The van der Waals surface area contributed by atoms with Crippen LogP contribution >= 0.6 is 0 Å². The van der Waals surface area contributed by atoms with Crippen LogP contribution in [-0.4, -0.2) is 52.3 Å². The first-order valence-electron chi connectivity index (χ1n) is 6.48. The van der Waals surface area contributed by atoms with Crippen LogP contribution in [0.4, 0.5) is 0 Å². The smallest absolute Gasteiger partial charge is 0.293 e. The summed E-state index contributed by atoms with van der Waals surface area (Å²) >= 11 is 0. The molecule has 0 saturated carbocycles. The van der Waals surface area contributed by atoms with E-state index < -0.39 is 0 Å². The molecule has 1 aromatic heterocycles. The number of hydrogen-bond acceptors (Lipinski definition) is 4. The summed E-state index contributed by atoms with van der Waals surface area (Å²) in [5.41, 5.74) is 0. The Balaban J connectivity index is 1.94. The quantitative estimate of drug-likeness (QED) is 0.868. The second-order valence-corrected chi connectivity index (χ2v) is 4.58. The summed E-state index contributed by atoms with van der Waals surface area (Å²) in [5.74, 6) is 0.991. The predicted octanol–water partition coefficient (Wildman–Crippen LogP) is 1.01. The standard InChI is InChI=1S/C12H20N4O2/c1-3-4-10-13-11(15-14-10)12(17)16-7-5-9(18-2)6-8-16/h9H,3-8H2,1-2H3,(H,13,14,15). The van der Waals surface area contributed by atoms with E-state index in [9.17, 15) is 4.79 Å². The van der Waals surface area contributed by atoms with E-state index in [1.54, 1.807) is 12.0 Å². The number of aromatic amines is 1. The van der Waals surface area contributed by atoms with Crippen molar-refractivity contribution in [3.8, 4) is 0 Å². The predicted molar refractivity (Wildman–Crippen MR) is 66.3 cm³/mol. The number of H-pyrrole nitrogens is 1. The Bertz CT molecular complexity index is 397. The molecule has 100 valence electrons. The maximum atomic E-state index is 12.2. The first kappa shape index (κ1) is 13.0. The van der Waals surface area contributed by atoms with E-state index >= 15 is 0 Å². The van der Waals surface area contributed by atoms with Gasteiger partial charge in [0.05, 0.1) is 6.10 Å². The Morgan fingerprint density at radius 3 is 2.83 bits per heavy atom. The lowest BCUT2D eigenvalue weighted by Gasteiger charge is -2.30. The Kier molecular flexibility index (Phi) is 4.30. The number of aryl methyl sites for hydroxylation is 1. The molecule has 0 aliphatic carbocycles. The summed E-state index contributed by atoms with van der Waals surface area (Å²) < 4.78 is 5.29. The van der Waals surface area contributed by atoms with Gasteiger partial charge >= 0.3 is 0 Å². The molecule has 18 heavy (non-hydrogen) atoms. The molecular formula is C12H20N4O2. The molecule has 1 aliphatic heterocycles. The van der Waals surface area contributed by atoms with Gasteiger partial charge < -0.3 is 9.64 Å². The number of carbonyl (C=O) groups excluding carboxylic acids is 1. The average Bonchev–Trinajstić information content (AvgIpc) is 2.87. The van der Waals surface area contributed by atoms with Crippen LogP contribution in [0, 0.1) is 0 Å². The molecule has 1 amide bonds. The van der Waals surface area contributed by atoms with Crippen molar-refractivity contribution in [1.29, 1.82) is 0 Å². The van der Waals surface area contributed by atoms with Crippen LogP contribution in [0.1, 0.15) is 42.6 Å². The number of nitrogens with one attached hydrogen (secondary N) is 1. The van der Waals surface area contributed by atoms with Crippen molar-refractivity contribution in [3.05, 3.63) is 11.6 Å². The molecule has 1 N–H and O–H groups in total. The van der Waals surface area contributed by atoms with Crippen molar-refractivity contribution in [2.24, 2.45) is 0 Å². The molecule has 2 rings (SSSR count). The zero-order valence-corrected chi connectivity index (χ0v) is 11.0. The molecule has 0 unspecified atom stereocenters. The molecule has 1 aliphatic rings. The van der Waals surface area contributed by atoms with Crippen molar-refractivity contribution in [1.82, 2.24) is 20.1 Å². The average molecular weight is 252 g/mol. The van der Waals surface area contributed by atoms with E-state index in [-0.39, 0.29) is 17.8 Å². The molecular weight excluding hydrogens is 232 g/mol. The third kappa shape index (κ3) is 2.87. The maximum Gasteiger partial charge on any atom is 0.293 e. The molecule has 0 radical (unpaired) electrons. The summed E-state index contributed by atoms with van der Waals surface area (Å²) in [6.07, 6.45) is 3.86. The monoisotopic (exact) mass is 252 g/mol. The number of nitrogens with zero attached hydrogens (tertiary/aromatic N) is 3. The van der Waals surface area contributed by atoms with E-state index in [4.69, 9.17) is 4.74 Å². The lowest BCUT2D eigenvalue weighted by atomic mass is 10.1. The maximum absolute atomic E-state index is 12.2. The van der Waals surface area contributed by atoms with Crippen molar-refractivity contribution < 1.29 is 9.53 Å².